The molecule has 1 saturated heterocycles. The van der Waals surface area contributed by atoms with Crippen molar-refractivity contribution >= 4 is 9.84 Å². The van der Waals surface area contributed by atoms with E-state index in [4.69, 9.17) is 4.74 Å². The summed E-state index contributed by atoms with van der Waals surface area (Å²) in [5.41, 5.74) is 0. The molecule has 1 aliphatic rings. The normalized spacial score (nSPS) is 21.6. The number of aromatic nitrogens is 2. The van der Waals surface area contributed by atoms with Crippen LogP contribution in [0.2, 0.25) is 0 Å². The molecule has 1 atom stereocenters. The predicted molar refractivity (Wildman–Crippen MR) is 73.1 cm³/mol. The second-order valence-electron chi connectivity index (χ2n) is 4.84. The molecule has 1 fully saturated rings. The van der Waals surface area contributed by atoms with Crippen LogP contribution < -0.4 is 10.1 Å². The van der Waals surface area contributed by atoms with Crippen molar-refractivity contribution in [2.75, 3.05) is 24.7 Å². The third-order valence-corrected chi connectivity index (χ3v) is 4.87. The number of nitrogens with zero attached hydrogens (tertiary/aromatic N) is 2. The van der Waals surface area contributed by atoms with Crippen LogP contribution in [-0.2, 0) is 16.4 Å². The first kappa shape index (κ1) is 14.3. The molecular formula is C12H21N3O3S. The van der Waals surface area contributed by atoms with Gasteiger partial charge in [-0.1, -0.05) is 6.92 Å². The smallest absolute Gasteiger partial charge is 0.157 e. The molecule has 0 aliphatic carbocycles. The van der Waals surface area contributed by atoms with E-state index < -0.39 is 9.84 Å². The minimum atomic E-state index is -2.80. The van der Waals surface area contributed by atoms with E-state index in [9.17, 15) is 8.42 Å². The first-order valence-corrected chi connectivity index (χ1v) is 8.50. The van der Waals surface area contributed by atoms with Gasteiger partial charge >= 0.3 is 0 Å². The number of nitrogens with one attached hydrogen (secondary N) is 1. The summed E-state index contributed by atoms with van der Waals surface area (Å²) in [5.74, 6) is 1.31. The molecular weight excluding hydrogens is 266 g/mol. The fraction of sp³-hybridized carbons (Fsp3) is 0.750. The number of aryl methyl sites for hydroxylation is 1. The van der Waals surface area contributed by atoms with Crippen LogP contribution in [0.1, 0.15) is 19.8 Å². The summed E-state index contributed by atoms with van der Waals surface area (Å²) in [6.45, 7) is 4.16. The summed E-state index contributed by atoms with van der Waals surface area (Å²) in [4.78, 5) is 0. The van der Waals surface area contributed by atoms with Crippen molar-refractivity contribution in [2.45, 2.75) is 32.4 Å². The van der Waals surface area contributed by atoms with E-state index in [2.05, 4.69) is 17.3 Å². The van der Waals surface area contributed by atoms with E-state index in [0.717, 1.165) is 18.7 Å². The van der Waals surface area contributed by atoms with Crippen LogP contribution in [0.15, 0.2) is 12.4 Å². The van der Waals surface area contributed by atoms with Gasteiger partial charge in [-0.15, -0.1) is 0 Å². The molecule has 0 bridgehead atoms. The Morgan fingerprint density at radius 1 is 1.58 bits per heavy atom. The van der Waals surface area contributed by atoms with E-state index in [0.29, 0.717) is 25.3 Å². The van der Waals surface area contributed by atoms with Gasteiger partial charge in [-0.25, -0.2) is 8.42 Å². The number of rotatable bonds is 7. The SMILES string of the molecule is CCCn1cc(OCCNC2CCS(=O)(=O)C2)cn1. The summed E-state index contributed by atoms with van der Waals surface area (Å²) < 4.78 is 30.0. The topological polar surface area (TPSA) is 73.2 Å². The van der Waals surface area contributed by atoms with Crippen molar-refractivity contribution in [1.82, 2.24) is 15.1 Å². The molecule has 1 N–H and O–H groups in total. The maximum atomic E-state index is 11.3. The van der Waals surface area contributed by atoms with Gasteiger partial charge in [0.25, 0.3) is 0 Å². The highest BCUT2D eigenvalue weighted by Crippen LogP contribution is 2.11. The second-order valence-corrected chi connectivity index (χ2v) is 7.07. The lowest BCUT2D eigenvalue weighted by Crippen LogP contribution is -2.33. The number of hydrogen-bond acceptors (Lipinski definition) is 5. The van der Waals surface area contributed by atoms with Crippen molar-refractivity contribution in [3.8, 4) is 5.75 Å². The van der Waals surface area contributed by atoms with Gasteiger partial charge in [-0.3, -0.25) is 4.68 Å². The summed E-state index contributed by atoms with van der Waals surface area (Å²) in [6, 6.07) is 0.0800. The van der Waals surface area contributed by atoms with Crippen molar-refractivity contribution in [3.63, 3.8) is 0 Å². The number of hydrogen-bond donors (Lipinski definition) is 1. The van der Waals surface area contributed by atoms with E-state index in [1.807, 2.05) is 10.9 Å². The molecule has 1 aromatic heterocycles. The molecule has 108 valence electrons. The molecule has 1 unspecified atom stereocenters. The Kier molecular flexibility index (Phi) is 4.81. The van der Waals surface area contributed by atoms with Gasteiger partial charge in [0.05, 0.1) is 23.9 Å². The molecule has 0 radical (unpaired) electrons. The Morgan fingerprint density at radius 2 is 2.42 bits per heavy atom. The molecule has 6 nitrogen and oxygen atoms in total. The van der Waals surface area contributed by atoms with Crippen LogP contribution in [0.25, 0.3) is 0 Å². The van der Waals surface area contributed by atoms with Crippen LogP contribution in [-0.4, -0.2) is 48.9 Å². The third kappa shape index (κ3) is 4.50. The third-order valence-electron chi connectivity index (χ3n) is 3.10. The fourth-order valence-electron chi connectivity index (χ4n) is 2.16. The molecule has 1 aromatic rings. The minimum Gasteiger partial charge on any atom is -0.489 e. The van der Waals surface area contributed by atoms with Gasteiger partial charge in [0.1, 0.15) is 6.61 Å². The highest BCUT2D eigenvalue weighted by atomic mass is 32.2. The highest BCUT2D eigenvalue weighted by molar-refractivity contribution is 7.91. The van der Waals surface area contributed by atoms with Gasteiger partial charge in [-0.2, -0.15) is 5.10 Å². The van der Waals surface area contributed by atoms with Crippen LogP contribution in [0, 0.1) is 0 Å². The van der Waals surface area contributed by atoms with Crippen LogP contribution >= 0.6 is 0 Å². The van der Waals surface area contributed by atoms with E-state index >= 15 is 0 Å². The average molecular weight is 287 g/mol. The number of sulfone groups is 1. The monoisotopic (exact) mass is 287 g/mol. The van der Waals surface area contributed by atoms with E-state index in [1.165, 1.54) is 0 Å². The lowest BCUT2D eigenvalue weighted by Gasteiger charge is -2.10. The van der Waals surface area contributed by atoms with Gasteiger partial charge in [0.15, 0.2) is 15.6 Å². The first-order valence-electron chi connectivity index (χ1n) is 6.68. The predicted octanol–water partition coefficient (Wildman–Crippen LogP) is 0.449. The van der Waals surface area contributed by atoms with Crippen LogP contribution in [0.4, 0.5) is 0 Å². The Labute approximate surface area is 114 Å². The number of ether oxygens (including phenoxy) is 1. The second kappa shape index (κ2) is 6.38. The molecule has 0 spiro atoms. The molecule has 0 saturated carbocycles. The lowest BCUT2D eigenvalue weighted by atomic mass is 10.3. The van der Waals surface area contributed by atoms with Crippen LogP contribution in [0.3, 0.4) is 0 Å². The first-order chi connectivity index (χ1) is 9.09. The summed E-state index contributed by atoms with van der Waals surface area (Å²) in [7, 11) is -2.80. The Hall–Kier alpha value is -1.08. The van der Waals surface area contributed by atoms with Crippen LogP contribution in [0.5, 0.6) is 5.75 Å². The summed E-state index contributed by atoms with van der Waals surface area (Å²) >= 11 is 0. The lowest BCUT2D eigenvalue weighted by molar-refractivity contribution is 0.307. The Bertz CT molecular complexity index is 498. The molecule has 2 rings (SSSR count). The molecule has 1 aliphatic heterocycles. The van der Waals surface area contributed by atoms with Gasteiger partial charge in [-0.05, 0) is 12.8 Å². The van der Waals surface area contributed by atoms with E-state index in [-0.39, 0.29) is 11.8 Å². The zero-order valence-corrected chi connectivity index (χ0v) is 12.0. The molecule has 0 aromatic carbocycles. The fourth-order valence-corrected chi connectivity index (χ4v) is 3.87. The van der Waals surface area contributed by atoms with Crippen molar-refractivity contribution in [3.05, 3.63) is 12.4 Å². The van der Waals surface area contributed by atoms with E-state index in [1.54, 1.807) is 6.20 Å². The molecule has 19 heavy (non-hydrogen) atoms. The van der Waals surface area contributed by atoms with Crippen molar-refractivity contribution in [1.29, 1.82) is 0 Å². The Balaban J connectivity index is 1.64. The molecule has 2 heterocycles. The zero-order valence-electron chi connectivity index (χ0n) is 11.2. The van der Waals surface area contributed by atoms with Crippen molar-refractivity contribution < 1.29 is 13.2 Å². The van der Waals surface area contributed by atoms with Gasteiger partial charge in [0, 0.05) is 19.1 Å². The highest BCUT2D eigenvalue weighted by Gasteiger charge is 2.26. The van der Waals surface area contributed by atoms with Crippen molar-refractivity contribution in [2.24, 2.45) is 0 Å². The van der Waals surface area contributed by atoms with Gasteiger partial charge in [0.2, 0.25) is 0 Å². The molecule has 7 heteroatoms. The molecule has 0 amide bonds. The zero-order chi connectivity index (χ0) is 13.7. The maximum absolute atomic E-state index is 11.3. The quantitative estimate of drug-likeness (QED) is 0.737. The largest absolute Gasteiger partial charge is 0.489 e. The average Bonchev–Trinajstić information content (AvgIpc) is 2.92. The standard InChI is InChI=1S/C12H21N3O3S/c1-2-5-15-9-12(8-14-15)18-6-4-13-11-3-7-19(16,17)10-11/h8-9,11,13H,2-7,10H2,1H3. The summed E-state index contributed by atoms with van der Waals surface area (Å²) in [6.07, 6.45) is 5.33. The Morgan fingerprint density at radius 3 is 3.11 bits per heavy atom. The summed E-state index contributed by atoms with van der Waals surface area (Å²) in [5, 5.41) is 7.38. The van der Waals surface area contributed by atoms with Gasteiger partial charge < -0.3 is 10.1 Å². The minimum absolute atomic E-state index is 0.0800. The maximum Gasteiger partial charge on any atom is 0.157 e.